The van der Waals surface area contributed by atoms with Crippen molar-refractivity contribution in [2.45, 2.75) is 33.6 Å². The molecule has 4 nitrogen and oxygen atoms in total. The van der Waals surface area contributed by atoms with Crippen LogP contribution in [0.25, 0.3) is 0 Å². The van der Waals surface area contributed by atoms with Crippen molar-refractivity contribution in [2.75, 3.05) is 6.61 Å². The highest BCUT2D eigenvalue weighted by Crippen LogP contribution is 2.11. The Labute approximate surface area is 83.6 Å². The van der Waals surface area contributed by atoms with Gasteiger partial charge in [-0.2, -0.15) is 0 Å². The normalized spacial score (nSPS) is 11.9. The van der Waals surface area contributed by atoms with Crippen LogP contribution in [0.15, 0.2) is 0 Å². The molecule has 14 heavy (non-hydrogen) atoms. The van der Waals surface area contributed by atoms with Crippen molar-refractivity contribution in [1.29, 1.82) is 0 Å². The minimum absolute atomic E-state index is 0.00273. The van der Waals surface area contributed by atoms with E-state index in [1.54, 1.807) is 6.92 Å². The molecular weight excluding hydrogens is 184 g/mol. The molecule has 0 aliphatic carbocycles. The van der Waals surface area contributed by atoms with Gasteiger partial charge in [-0.15, -0.1) is 0 Å². The highest BCUT2D eigenvalue weighted by Gasteiger charge is 2.20. The number of hydrogen-bond acceptors (Lipinski definition) is 4. The predicted molar refractivity (Wildman–Crippen MR) is 50.7 cm³/mol. The van der Waals surface area contributed by atoms with Crippen LogP contribution in [-0.4, -0.2) is 24.1 Å². The van der Waals surface area contributed by atoms with Gasteiger partial charge in [-0.25, -0.2) is 0 Å². The summed E-state index contributed by atoms with van der Waals surface area (Å²) < 4.78 is 4.70. The van der Waals surface area contributed by atoms with Crippen LogP contribution in [0.1, 0.15) is 33.6 Å². The van der Waals surface area contributed by atoms with Gasteiger partial charge in [-0.3, -0.25) is 9.59 Å². The van der Waals surface area contributed by atoms with Crippen LogP contribution in [0, 0.1) is 5.92 Å². The van der Waals surface area contributed by atoms with Crippen LogP contribution in [0.4, 0.5) is 0 Å². The minimum Gasteiger partial charge on any atom is -0.466 e. The molecule has 0 aliphatic rings. The predicted octanol–water partition coefficient (Wildman–Crippen LogP) is 1.12. The lowest BCUT2D eigenvalue weighted by atomic mass is 9.95. The van der Waals surface area contributed by atoms with Gasteiger partial charge < -0.3 is 9.53 Å². The largest absolute Gasteiger partial charge is 0.466 e. The van der Waals surface area contributed by atoms with E-state index in [2.05, 4.69) is 0 Å². The fourth-order valence-electron chi connectivity index (χ4n) is 1.13. The van der Waals surface area contributed by atoms with Gasteiger partial charge in [-0.05, 0) is 20.8 Å². The average Bonchev–Trinajstić information content (AvgIpc) is 2.02. The van der Waals surface area contributed by atoms with E-state index < -0.39 is 11.9 Å². The summed E-state index contributed by atoms with van der Waals surface area (Å²) in [4.78, 5) is 32.9. The maximum absolute atomic E-state index is 11.1. The number of Topliss-reactive ketones (excluding diaryl/α,β-unsaturated/α-hetero) is 2. The molecule has 0 saturated carbocycles. The zero-order chi connectivity index (χ0) is 11.1. The van der Waals surface area contributed by atoms with E-state index in [0.717, 1.165) is 0 Å². The van der Waals surface area contributed by atoms with Gasteiger partial charge in [0.25, 0.3) is 0 Å². The second-order valence-corrected chi connectivity index (χ2v) is 3.22. The molecule has 0 rings (SSSR count). The van der Waals surface area contributed by atoms with Gasteiger partial charge in [0.2, 0.25) is 0 Å². The van der Waals surface area contributed by atoms with Crippen molar-refractivity contribution in [3.8, 4) is 0 Å². The Balaban J connectivity index is 4.16. The molecular formula is C10H16O4. The third-order valence-electron chi connectivity index (χ3n) is 1.83. The molecule has 0 saturated heterocycles. The number of ether oxygens (including phenoxy) is 1. The van der Waals surface area contributed by atoms with Gasteiger partial charge in [0, 0.05) is 12.3 Å². The number of carbonyl (C=O) groups excluding carboxylic acids is 3. The quantitative estimate of drug-likeness (QED) is 0.603. The first kappa shape index (κ1) is 12.8. The van der Waals surface area contributed by atoms with E-state index in [1.807, 2.05) is 0 Å². The summed E-state index contributed by atoms with van der Waals surface area (Å²) in [5, 5.41) is 0. The van der Waals surface area contributed by atoms with Crippen LogP contribution >= 0.6 is 0 Å². The molecule has 0 N–H and O–H groups in total. The highest BCUT2D eigenvalue weighted by molar-refractivity contribution is 5.88. The first-order valence-electron chi connectivity index (χ1n) is 4.62. The van der Waals surface area contributed by atoms with E-state index >= 15 is 0 Å². The standard InChI is InChI=1S/C10H16O4/c1-4-14-10(13)6-9(8(3)12)5-7(2)11/h9H,4-6H2,1-3H3. The lowest BCUT2D eigenvalue weighted by Crippen LogP contribution is -2.20. The molecule has 1 atom stereocenters. The Kier molecular flexibility index (Phi) is 5.76. The van der Waals surface area contributed by atoms with Gasteiger partial charge >= 0.3 is 5.97 Å². The second kappa shape index (κ2) is 6.29. The average molecular weight is 200 g/mol. The Morgan fingerprint density at radius 2 is 1.71 bits per heavy atom. The summed E-state index contributed by atoms with van der Waals surface area (Å²) in [5.41, 5.74) is 0. The van der Waals surface area contributed by atoms with Crippen molar-refractivity contribution in [3.05, 3.63) is 0 Å². The van der Waals surface area contributed by atoms with Gasteiger partial charge in [-0.1, -0.05) is 0 Å². The van der Waals surface area contributed by atoms with Crippen molar-refractivity contribution < 1.29 is 19.1 Å². The van der Waals surface area contributed by atoms with Gasteiger partial charge in [0.15, 0.2) is 0 Å². The van der Waals surface area contributed by atoms with E-state index in [1.165, 1.54) is 13.8 Å². The highest BCUT2D eigenvalue weighted by atomic mass is 16.5. The summed E-state index contributed by atoms with van der Waals surface area (Å²) in [5.74, 6) is -1.18. The molecule has 0 aromatic heterocycles. The molecule has 0 aliphatic heterocycles. The second-order valence-electron chi connectivity index (χ2n) is 3.22. The van der Waals surface area contributed by atoms with Crippen molar-refractivity contribution in [1.82, 2.24) is 0 Å². The van der Waals surface area contributed by atoms with Crippen molar-refractivity contribution in [2.24, 2.45) is 5.92 Å². The van der Waals surface area contributed by atoms with E-state index in [-0.39, 0.29) is 24.4 Å². The third-order valence-corrected chi connectivity index (χ3v) is 1.83. The SMILES string of the molecule is CCOC(=O)CC(CC(C)=O)C(C)=O. The van der Waals surface area contributed by atoms with Gasteiger partial charge in [0.05, 0.1) is 13.0 Å². The fourth-order valence-corrected chi connectivity index (χ4v) is 1.13. The van der Waals surface area contributed by atoms with Crippen LogP contribution in [0.2, 0.25) is 0 Å². The smallest absolute Gasteiger partial charge is 0.306 e. The molecule has 0 heterocycles. The zero-order valence-electron chi connectivity index (χ0n) is 8.83. The molecule has 1 unspecified atom stereocenters. The van der Waals surface area contributed by atoms with E-state index in [9.17, 15) is 14.4 Å². The molecule has 0 bridgehead atoms. The molecule has 0 radical (unpaired) electrons. The molecule has 0 aromatic carbocycles. The molecule has 0 fully saturated rings. The molecule has 0 amide bonds. The van der Waals surface area contributed by atoms with Crippen LogP contribution in [0.3, 0.4) is 0 Å². The van der Waals surface area contributed by atoms with Crippen molar-refractivity contribution >= 4 is 17.5 Å². The lowest BCUT2D eigenvalue weighted by molar-refractivity contribution is -0.146. The van der Waals surface area contributed by atoms with Crippen molar-refractivity contribution in [3.63, 3.8) is 0 Å². The molecule has 4 heteroatoms. The van der Waals surface area contributed by atoms with Crippen LogP contribution in [0.5, 0.6) is 0 Å². The van der Waals surface area contributed by atoms with E-state index in [4.69, 9.17) is 4.74 Å². The van der Waals surface area contributed by atoms with Gasteiger partial charge in [0.1, 0.15) is 11.6 Å². The Hall–Kier alpha value is -1.19. The number of hydrogen-bond donors (Lipinski definition) is 0. The Bertz CT molecular complexity index is 232. The lowest BCUT2D eigenvalue weighted by Gasteiger charge is -2.10. The first-order valence-corrected chi connectivity index (χ1v) is 4.62. The minimum atomic E-state index is -0.522. The Morgan fingerprint density at radius 1 is 1.14 bits per heavy atom. The van der Waals surface area contributed by atoms with E-state index in [0.29, 0.717) is 6.61 Å². The number of esters is 1. The summed E-state index contributed by atoms with van der Waals surface area (Å²) in [6.45, 7) is 4.78. The first-order chi connectivity index (χ1) is 6.47. The number of carbonyl (C=O) groups is 3. The molecule has 0 spiro atoms. The maximum atomic E-state index is 11.1. The zero-order valence-corrected chi connectivity index (χ0v) is 8.83. The summed E-state index contributed by atoms with van der Waals surface area (Å²) in [7, 11) is 0. The van der Waals surface area contributed by atoms with Crippen LogP contribution in [-0.2, 0) is 19.1 Å². The monoisotopic (exact) mass is 200 g/mol. The number of ketones is 2. The fraction of sp³-hybridized carbons (Fsp3) is 0.700. The topological polar surface area (TPSA) is 60.4 Å². The summed E-state index contributed by atoms with van der Waals surface area (Å²) >= 11 is 0. The van der Waals surface area contributed by atoms with Crippen LogP contribution < -0.4 is 0 Å². The molecule has 80 valence electrons. The third kappa shape index (κ3) is 5.45. The summed E-state index contributed by atoms with van der Waals surface area (Å²) in [6.07, 6.45) is 0.122. The molecule has 0 aromatic rings. The number of rotatable bonds is 6. The Morgan fingerprint density at radius 3 is 2.07 bits per heavy atom. The summed E-state index contributed by atoms with van der Waals surface area (Å²) in [6, 6.07) is 0. The maximum Gasteiger partial charge on any atom is 0.306 e.